The Bertz CT molecular complexity index is 194. The van der Waals surface area contributed by atoms with E-state index in [2.05, 4.69) is 36.4 Å². The zero-order valence-corrected chi connectivity index (χ0v) is 8.73. The van der Waals surface area contributed by atoms with Crippen LogP contribution in [0.15, 0.2) is 17.5 Å². The SMILES string of the molecule is CCCCCN(C)c1cccs1. The van der Waals surface area contributed by atoms with Gasteiger partial charge in [0.25, 0.3) is 0 Å². The van der Waals surface area contributed by atoms with Crippen LogP contribution in [-0.4, -0.2) is 13.6 Å². The summed E-state index contributed by atoms with van der Waals surface area (Å²) >= 11 is 1.81. The molecule has 0 fully saturated rings. The molecule has 0 atom stereocenters. The second-order valence-corrected chi connectivity index (χ2v) is 4.01. The molecule has 1 nitrogen and oxygen atoms in total. The predicted octanol–water partition coefficient (Wildman–Crippen LogP) is 3.37. The van der Waals surface area contributed by atoms with Gasteiger partial charge in [-0.05, 0) is 23.9 Å². The molecule has 0 aromatic carbocycles. The molecule has 0 N–H and O–H groups in total. The van der Waals surface area contributed by atoms with Crippen LogP contribution in [0.5, 0.6) is 0 Å². The van der Waals surface area contributed by atoms with E-state index in [-0.39, 0.29) is 0 Å². The Morgan fingerprint density at radius 2 is 2.25 bits per heavy atom. The molecule has 0 aliphatic rings. The second-order valence-electron chi connectivity index (χ2n) is 3.08. The van der Waals surface area contributed by atoms with Gasteiger partial charge in [0.1, 0.15) is 0 Å². The van der Waals surface area contributed by atoms with Gasteiger partial charge in [0, 0.05) is 13.6 Å². The maximum atomic E-state index is 2.33. The smallest absolute Gasteiger partial charge is 0.0905 e. The zero-order chi connectivity index (χ0) is 8.81. The fourth-order valence-corrected chi connectivity index (χ4v) is 1.92. The summed E-state index contributed by atoms with van der Waals surface area (Å²) in [5, 5.41) is 3.51. The lowest BCUT2D eigenvalue weighted by atomic mass is 10.2. The summed E-state index contributed by atoms with van der Waals surface area (Å²) in [6, 6.07) is 4.28. The summed E-state index contributed by atoms with van der Waals surface area (Å²) in [7, 11) is 2.17. The van der Waals surface area contributed by atoms with E-state index in [4.69, 9.17) is 0 Å². The average molecular weight is 183 g/mol. The Kier molecular flexibility index (Phi) is 4.15. The second kappa shape index (κ2) is 5.20. The normalized spacial score (nSPS) is 10.2. The van der Waals surface area contributed by atoms with Crippen molar-refractivity contribution in [2.75, 3.05) is 18.5 Å². The van der Waals surface area contributed by atoms with E-state index < -0.39 is 0 Å². The van der Waals surface area contributed by atoms with Crippen molar-refractivity contribution in [3.63, 3.8) is 0 Å². The van der Waals surface area contributed by atoms with Crippen LogP contribution in [0.1, 0.15) is 26.2 Å². The molecule has 0 saturated carbocycles. The van der Waals surface area contributed by atoms with Gasteiger partial charge in [0.2, 0.25) is 0 Å². The van der Waals surface area contributed by atoms with Crippen molar-refractivity contribution >= 4 is 16.3 Å². The van der Waals surface area contributed by atoms with Crippen molar-refractivity contribution in [2.24, 2.45) is 0 Å². The summed E-state index contributed by atoms with van der Waals surface area (Å²) in [5.74, 6) is 0. The minimum atomic E-state index is 1.19. The summed E-state index contributed by atoms with van der Waals surface area (Å²) in [6.07, 6.45) is 3.96. The minimum absolute atomic E-state index is 1.19. The topological polar surface area (TPSA) is 3.24 Å². The number of hydrogen-bond acceptors (Lipinski definition) is 2. The Balaban J connectivity index is 2.25. The highest BCUT2D eigenvalue weighted by Crippen LogP contribution is 2.19. The molecule has 0 aliphatic carbocycles. The number of unbranched alkanes of at least 4 members (excludes halogenated alkanes) is 2. The lowest BCUT2D eigenvalue weighted by Gasteiger charge is -2.16. The minimum Gasteiger partial charge on any atom is -0.367 e. The standard InChI is InChI=1S/C10H17NS/c1-3-4-5-8-11(2)10-7-6-9-12-10/h6-7,9H,3-5,8H2,1-2H3. The first-order chi connectivity index (χ1) is 5.84. The van der Waals surface area contributed by atoms with Crippen molar-refractivity contribution in [1.29, 1.82) is 0 Å². The number of hydrogen-bond donors (Lipinski definition) is 0. The van der Waals surface area contributed by atoms with Crippen molar-refractivity contribution in [3.8, 4) is 0 Å². The molecule has 1 rings (SSSR count). The molecule has 0 amide bonds. The Labute approximate surface area is 79.0 Å². The van der Waals surface area contributed by atoms with Gasteiger partial charge in [-0.1, -0.05) is 19.8 Å². The third-order valence-electron chi connectivity index (χ3n) is 1.98. The van der Waals surface area contributed by atoms with Crippen LogP contribution in [0.25, 0.3) is 0 Å². The first-order valence-corrected chi connectivity index (χ1v) is 5.47. The summed E-state index contributed by atoms with van der Waals surface area (Å²) in [6.45, 7) is 3.43. The van der Waals surface area contributed by atoms with E-state index in [0.29, 0.717) is 0 Å². The van der Waals surface area contributed by atoms with E-state index in [1.54, 1.807) is 0 Å². The zero-order valence-electron chi connectivity index (χ0n) is 7.92. The van der Waals surface area contributed by atoms with Crippen LogP contribution in [0.3, 0.4) is 0 Å². The Morgan fingerprint density at radius 3 is 2.83 bits per heavy atom. The molecule has 0 saturated heterocycles. The average Bonchev–Trinajstić information content (AvgIpc) is 2.56. The molecule has 1 heterocycles. The first-order valence-electron chi connectivity index (χ1n) is 4.59. The highest BCUT2D eigenvalue weighted by atomic mass is 32.1. The number of anilines is 1. The molecule has 0 radical (unpaired) electrons. The number of nitrogens with zero attached hydrogens (tertiary/aromatic N) is 1. The summed E-state index contributed by atoms with van der Waals surface area (Å²) in [5.41, 5.74) is 0. The largest absolute Gasteiger partial charge is 0.367 e. The highest BCUT2D eigenvalue weighted by Gasteiger charge is 1.99. The molecule has 1 aromatic heterocycles. The van der Waals surface area contributed by atoms with E-state index in [1.165, 1.54) is 30.8 Å². The third kappa shape index (κ3) is 2.86. The van der Waals surface area contributed by atoms with Crippen LogP contribution in [0, 0.1) is 0 Å². The van der Waals surface area contributed by atoms with Gasteiger partial charge in [-0.3, -0.25) is 0 Å². The number of thiophene rings is 1. The molecule has 2 heteroatoms. The fraction of sp³-hybridized carbons (Fsp3) is 0.600. The fourth-order valence-electron chi connectivity index (χ4n) is 1.20. The van der Waals surface area contributed by atoms with Crippen LogP contribution < -0.4 is 4.90 Å². The van der Waals surface area contributed by atoms with Gasteiger partial charge in [0.15, 0.2) is 0 Å². The Hall–Kier alpha value is -0.500. The van der Waals surface area contributed by atoms with Gasteiger partial charge in [-0.2, -0.15) is 0 Å². The van der Waals surface area contributed by atoms with Gasteiger partial charge >= 0.3 is 0 Å². The molecule has 0 aliphatic heterocycles. The predicted molar refractivity (Wildman–Crippen MR) is 57.1 cm³/mol. The maximum Gasteiger partial charge on any atom is 0.0905 e. The molecule has 68 valence electrons. The van der Waals surface area contributed by atoms with Crippen molar-refractivity contribution in [1.82, 2.24) is 0 Å². The molecule has 12 heavy (non-hydrogen) atoms. The van der Waals surface area contributed by atoms with Gasteiger partial charge in [0.05, 0.1) is 5.00 Å². The molecule has 0 unspecified atom stereocenters. The van der Waals surface area contributed by atoms with Crippen LogP contribution in [0.2, 0.25) is 0 Å². The van der Waals surface area contributed by atoms with E-state index in [0.717, 1.165) is 0 Å². The van der Waals surface area contributed by atoms with E-state index in [9.17, 15) is 0 Å². The van der Waals surface area contributed by atoms with Gasteiger partial charge in [-0.25, -0.2) is 0 Å². The Morgan fingerprint density at radius 1 is 1.42 bits per heavy atom. The van der Waals surface area contributed by atoms with E-state index in [1.807, 2.05) is 11.3 Å². The lowest BCUT2D eigenvalue weighted by molar-refractivity contribution is 0.707. The maximum absolute atomic E-state index is 2.33. The van der Waals surface area contributed by atoms with Crippen molar-refractivity contribution in [2.45, 2.75) is 26.2 Å². The summed E-state index contributed by atoms with van der Waals surface area (Å²) in [4.78, 5) is 2.33. The van der Waals surface area contributed by atoms with Crippen molar-refractivity contribution in [3.05, 3.63) is 17.5 Å². The molecular weight excluding hydrogens is 166 g/mol. The van der Waals surface area contributed by atoms with Gasteiger partial charge < -0.3 is 4.90 Å². The molecule has 1 aromatic rings. The first kappa shape index (κ1) is 9.59. The van der Waals surface area contributed by atoms with E-state index >= 15 is 0 Å². The van der Waals surface area contributed by atoms with Crippen molar-refractivity contribution < 1.29 is 0 Å². The molecule has 0 bridgehead atoms. The van der Waals surface area contributed by atoms with Crippen LogP contribution >= 0.6 is 11.3 Å². The monoisotopic (exact) mass is 183 g/mol. The van der Waals surface area contributed by atoms with Crippen LogP contribution in [-0.2, 0) is 0 Å². The van der Waals surface area contributed by atoms with Crippen LogP contribution in [0.4, 0.5) is 5.00 Å². The number of rotatable bonds is 5. The molecule has 0 spiro atoms. The molecular formula is C10H17NS. The highest BCUT2D eigenvalue weighted by molar-refractivity contribution is 7.14. The third-order valence-corrected chi connectivity index (χ3v) is 2.96. The lowest BCUT2D eigenvalue weighted by Crippen LogP contribution is -2.16. The summed E-state index contributed by atoms with van der Waals surface area (Å²) < 4.78 is 0. The quantitative estimate of drug-likeness (QED) is 0.633. The van der Waals surface area contributed by atoms with Gasteiger partial charge in [-0.15, -0.1) is 11.3 Å².